The SMILES string of the molecule is Cc1cc(Br)ccc1Nc1cc2nccn2cc1C(=O)NOCC1CC1. The van der Waals surface area contributed by atoms with Gasteiger partial charge < -0.3 is 9.72 Å². The van der Waals surface area contributed by atoms with Crippen LogP contribution in [0, 0.1) is 12.8 Å². The van der Waals surface area contributed by atoms with Crippen LogP contribution < -0.4 is 10.8 Å². The van der Waals surface area contributed by atoms with Crippen LogP contribution in [0.3, 0.4) is 0 Å². The van der Waals surface area contributed by atoms with E-state index < -0.39 is 0 Å². The van der Waals surface area contributed by atoms with Crippen molar-refractivity contribution in [2.45, 2.75) is 19.8 Å². The van der Waals surface area contributed by atoms with Gasteiger partial charge in [0.05, 0.1) is 17.9 Å². The van der Waals surface area contributed by atoms with Crippen molar-refractivity contribution in [2.24, 2.45) is 5.92 Å². The normalized spacial score (nSPS) is 13.8. The number of hydrogen-bond acceptors (Lipinski definition) is 4. The minimum atomic E-state index is -0.279. The van der Waals surface area contributed by atoms with E-state index >= 15 is 0 Å². The molecule has 0 aliphatic heterocycles. The monoisotopic (exact) mass is 414 g/mol. The fourth-order valence-electron chi connectivity index (χ4n) is 2.72. The Morgan fingerprint density at radius 1 is 1.35 bits per heavy atom. The first-order valence-corrected chi connectivity index (χ1v) is 9.31. The zero-order chi connectivity index (χ0) is 18.1. The van der Waals surface area contributed by atoms with Gasteiger partial charge in [0, 0.05) is 34.8 Å². The molecule has 3 aromatic rings. The summed E-state index contributed by atoms with van der Waals surface area (Å²) in [6.07, 6.45) is 7.62. The maximum absolute atomic E-state index is 12.6. The quantitative estimate of drug-likeness (QED) is 0.592. The van der Waals surface area contributed by atoms with E-state index in [9.17, 15) is 4.79 Å². The lowest BCUT2D eigenvalue weighted by molar-refractivity contribution is 0.0270. The number of amides is 1. The van der Waals surface area contributed by atoms with Crippen LogP contribution in [0.4, 0.5) is 11.4 Å². The number of aromatic nitrogens is 2. The average molecular weight is 415 g/mol. The fraction of sp³-hybridized carbons (Fsp3) is 0.263. The number of halogens is 1. The highest BCUT2D eigenvalue weighted by Gasteiger charge is 2.22. The molecule has 7 heteroatoms. The Labute approximate surface area is 159 Å². The molecule has 134 valence electrons. The standard InChI is InChI=1S/C19H19BrN4O2/c1-12-8-14(20)4-5-16(12)22-17-9-18-21-6-7-24(18)10-15(17)19(25)23-26-11-13-2-3-13/h4-10,13,22H,2-3,11H2,1H3,(H,23,25). The van der Waals surface area contributed by atoms with Crippen molar-refractivity contribution in [3.05, 3.63) is 58.5 Å². The van der Waals surface area contributed by atoms with E-state index in [2.05, 4.69) is 31.7 Å². The summed E-state index contributed by atoms with van der Waals surface area (Å²) in [5.41, 5.74) is 6.49. The Morgan fingerprint density at radius 3 is 2.96 bits per heavy atom. The minimum absolute atomic E-state index is 0.279. The lowest BCUT2D eigenvalue weighted by atomic mass is 10.1. The van der Waals surface area contributed by atoms with Gasteiger partial charge in [0.25, 0.3) is 5.91 Å². The first-order chi connectivity index (χ1) is 12.6. The molecule has 26 heavy (non-hydrogen) atoms. The van der Waals surface area contributed by atoms with Crippen LogP contribution in [0.25, 0.3) is 5.65 Å². The lowest BCUT2D eigenvalue weighted by Gasteiger charge is -2.15. The molecule has 2 N–H and O–H groups in total. The Bertz CT molecular complexity index is 965. The molecule has 0 bridgehead atoms. The number of benzene rings is 1. The number of pyridine rings is 1. The number of hydrogen-bond donors (Lipinski definition) is 2. The van der Waals surface area contributed by atoms with Gasteiger partial charge in [-0.25, -0.2) is 10.5 Å². The topological polar surface area (TPSA) is 67.7 Å². The molecule has 1 aliphatic carbocycles. The Kier molecular flexibility index (Phi) is 4.65. The first-order valence-electron chi connectivity index (χ1n) is 8.52. The van der Waals surface area contributed by atoms with Crippen molar-refractivity contribution in [2.75, 3.05) is 11.9 Å². The summed E-state index contributed by atoms with van der Waals surface area (Å²) in [4.78, 5) is 22.3. The minimum Gasteiger partial charge on any atom is -0.354 e. The van der Waals surface area contributed by atoms with Gasteiger partial charge in [-0.1, -0.05) is 15.9 Å². The molecule has 0 saturated heterocycles. The molecular weight excluding hydrogens is 396 g/mol. The second kappa shape index (κ2) is 7.09. The number of nitrogens with zero attached hydrogens (tertiary/aromatic N) is 2. The Balaban J connectivity index is 1.63. The molecule has 0 spiro atoms. The van der Waals surface area contributed by atoms with Crippen molar-refractivity contribution in [3.63, 3.8) is 0 Å². The highest BCUT2D eigenvalue weighted by molar-refractivity contribution is 9.10. The van der Waals surface area contributed by atoms with E-state index in [-0.39, 0.29) is 5.91 Å². The van der Waals surface area contributed by atoms with Gasteiger partial charge in [0.1, 0.15) is 5.65 Å². The maximum Gasteiger partial charge on any atom is 0.278 e. The van der Waals surface area contributed by atoms with Crippen LogP contribution in [0.1, 0.15) is 28.8 Å². The third kappa shape index (κ3) is 3.73. The Morgan fingerprint density at radius 2 is 2.19 bits per heavy atom. The van der Waals surface area contributed by atoms with Crippen molar-refractivity contribution in [1.29, 1.82) is 0 Å². The molecule has 6 nitrogen and oxygen atoms in total. The number of nitrogens with one attached hydrogen (secondary N) is 2. The molecule has 4 rings (SSSR count). The average Bonchev–Trinajstić information content (AvgIpc) is 3.32. The molecule has 1 aliphatic rings. The van der Waals surface area contributed by atoms with Crippen molar-refractivity contribution >= 4 is 38.9 Å². The van der Waals surface area contributed by atoms with E-state index in [0.29, 0.717) is 23.8 Å². The number of rotatable bonds is 6. The molecule has 1 saturated carbocycles. The molecule has 1 aromatic carbocycles. The van der Waals surface area contributed by atoms with Crippen LogP contribution >= 0.6 is 15.9 Å². The number of aryl methyl sites for hydroxylation is 1. The largest absolute Gasteiger partial charge is 0.354 e. The van der Waals surface area contributed by atoms with Crippen LogP contribution in [-0.4, -0.2) is 21.9 Å². The van der Waals surface area contributed by atoms with Crippen molar-refractivity contribution in [1.82, 2.24) is 14.9 Å². The van der Waals surface area contributed by atoms with Crippen LogP contribution in [0.15, 0.2) is 47.3 Å². The smallest absolute Gasteiger partial charge is 0.278 e. The molecule has 0 unspecified atom stereocenters. The summed E-state index contributed by atoms with van der Waals surface area (Å²) in [5, 5.41) is 3.35. The molecule has 0 atom stereocenters. The molecular formula is C19H19BrN4O2. The first kappa shape index (κ1) is 17.1. The second-order valence-corrected chi connectivity index (χ2v) is 7.48. The van der Waals surface area contributed by atoms with Gasteiger partial charge in [-0.2, -0.15) is 0 Å². The highest BCUT2D eigenvalue weighted by atomic mass is 79.9. The maximum atomic E-state index is 12.6. The summed E-state index contributed by atoms with van der Waals surface area (Å²) >= 11 is 3.47. The van der Waals surface area contributed by atoms with E-state index in [1.165, 1.54) is 12.8 Å². The lowest BCUT2D eigenvalue weighted by Crippen LogP contribution is -2.26. The van der Waals surface area contributed by atoms with Crippen LogP contribution in [-0.2, 0) is 4.84 Å². The summed E-state index contributed by atoms with van der Waals surface area (Å²) in [5.74, 6) is 0.299. The zero-order valence-electron chi connectivity index (χ0n) is 14.3. The van der Waals surface area contributed by atoms with Crippen molar-refractivity contribution < 1.29 is 9.63 Å². The van der Waals surface area contributed by atoms with E-state index in [1.807, 2.05) is 41.8 Å². The number of carbonyl (C=O) groups excluding carboxylic acids is 1. The molecule has 0 radical (unpaired) electrons. The predicted octanol–water partition coefficient (Wildman–Crippen LogP) is 4.22. The zero-order valence-corrected chi connectivity index (χ0v) is 15.9. The van der Waals surface area contributed by atoms with E-state index in [0.717, 1.165) is 21.4 Å². The number of anilines is 2. The van der Waals surface area contributed by atoms with Crippen LogP contribution in [0.2, 0.25) is 0 Å². The van der Waals surface area contributed by atoms with Gasteiger partial charge in [-0.3, -0.25) is 9.63 Å². The number of carbonyl (C=O) groups is 1. The van der Waals surface area contributed by atoms with E-state index in [4.69, 9.17) is 4.84 Å². The summed E-state index contributed by atoms with van der Waals surface area (Å²) < 4.78 is 2.82. The molecule has 1 fully saturated rings. The number of fused-ring (bicyclic) bond motifs is 1. The molecule has 2 heterocycles. The van der Waals surface area contributed by atoms with Crippen molar-refractivity contribution in [3.8, 4) is 0 Å². The summed E-state index contributed by atoms with van der Waals surface area (Å²) in [7, 11) is 0. The number of hydroxylamine groups is 1. The number of imidazole rings is 1. The van der Waals surface area contributed by atoms with Crippen LogP contribution in [0.5, 0.6) is 0 Å². The summed E-state index contributed by atoms with van der Waals surface area (Å²) in [6.45, 7) is 2.58. The highest BCUT2D eigenvalue weighted by Crippen LogP contribution is 2.29. The Hall–Kier alpha value is -2.38. The van der Waals surface area contributed by atoms with Gasteiger partial charge >= 0.3 is 0 Å². The van der Waals surface area contributed by atoms with Gasteiger partial charge in [0.15, 0.2) is 0 Å². The third-order valence-corrected chi connectivity index (χ3v) is 4.91. The summed E-state index contributed by atoms with van der Waals surface area (Å²) in [6, 6.07) is 7.81. The predicted molar refractivity (Wildman–Crippen MR) is 103 cm³/mol. The van der Waals surface area contributed by atoms with Gasteiger partial charge in [0.2, 0.25) is 0 Å². The van der Waals surface area contributed by atoms with Gasteiger partial charge in [-0.15, -0.1) is 0 Å². The molecule has 2 aromatic heterocycles. The fourth-order valence-corrected chi connectivity index (χ4v) is 3.20. The second-order valence-electron chi connectivity index (χ2n) is 6.56. The molecule has 1 amide bonds. The third-order valence-electron chi connectivity index (χ3n) is 4.41. The van der Waals surface area contributed by atoms with Gasteiger partial charge in [-0.05, 0) is 49.4 Å². The van der Waals surface area contributed by atoms with E-state index in [1.54, 1.807) is 12.4 Å².